The second kappa shape index (κ2) is 7.01. The zero-order valence-electron chi connectivity index (χ0n) is 12.1. The van der Waals surface area contributed by atoms with E-state index in [-0.39, 0.29) is 6.10 Å². The summed E-state index contributed by atoms with van der Waals surface area (Å²) in [5.41, 5.74) is -0.583. The molecular formula is C15H22N2O2. The van der Waals surface area contributed by atoms with E-state index in [4.69, 9.17) is 14.7 Å². The molecule has 2 atom stereocenters. The van der Waals surface area contributed by atoms with Crippen LogP contribution in [0.25, 0.3) is 0 Å². The molecule has 0 saturated heterocycles. The highest BCUT2D eigenvalue weighted by Gasteiger charge is 2.25. The van der Waals surface area contributed by atoms with Crippen LogP contribution in [0.2, 0.25) is 0 Å². The van der Waals surface area contributed by atoms with E-state index in [1.54, 1.807) is 7.05 Å². The van der Waals surface area contributed by atoms with Crippen LogP contribution in [0, 0.1) is 11.3 Å². The van der Waals surface area contributed by atoms with Crippen molar-refractivity contribution in [1.82, 2.24) is 5.32 Å². The van der Waals surface area contributed by atoms with E-state index in [0.29, 0.717) is 18.8 Å². The predicted molar refractivity (Wildman–Crippen MR) is 75.4 cm³/mol. The summed E-state index contributed by atoms with van der Waals surface area (Å²) in [6, 6.07) is 9.84. The molecule has 1 N–H and O–H groups in total. The van der Waals surface area contributed by atoms with Gasteiger partial charge >= 0.3 is 0 Å². The number of nitrogens with zero attached hydrogens (tertiary/aromatic N) is 1. The van der Waals surface area contributed by atoms with Crippen LogP contribution in [0.4, 0.5) is 0 Å². The van der Waals surface area contributed by atoms with Crippen LogP contribution in [0.5, 0.6) is 11.5 Å². The molecule has 4 heteroatoms. The number of nitrogens with one attached hydrogen (secondary N) is 1. The van der Waals surface area contributed by atoms with E-state index in [1.165, 1.54) is 0 Å². The third-order valence-electron chi connectivity index (χ3n) is 2.97. The maximum absolute atomic E-state index is 9.15. The molecular weight excluding hydrogens is 240 g/mol. The predicted octanol–water partition coefficient (Wildman–Crippen LogP) is 2.74. The number of para-hydroxylation sites is 2. The van der Waals surface area contributed by atoms with E-state index in [1.807, 2.05) is 45.0 Å². The lowest BCUT2D eigenvalue weighted by Crippen LogP contribution is -2.41. The Balaban J connectivity index is 2.72. The highest BCUT2D eigenvalue weighted by molar-refractivity contribution is 5.39. The molecule has 0 bridgehead atoms. The molecule has 0 spiro atoms. The Kier molecular flexibility index (Phi) is 5.65. The van der Waals surface area contributed by atoms with Crippen molar-refractivity contribution in [1.29, 1.82) is 5.26 Å². The fourth-order valence-electron chi connectivity index (χ4n) is 1.86. The van der Waals surface area contributed by atoms with Crippen LogP contribution in [-0.4, -0.2) is 25.3 Å². The van der Waals surface area contributed by atoms with Gasteiger partial charge in [0.1, 0.15) is 5.54 Å². The van der Waals surface area contributed by atoms with E-state index in [0.717, 1.165) is 5.75 Å². The molecule has 0 aromatic heterocycles. The van der Waals surface area contributed by atoms with Gasteiger partial charge < -0.3 is 14.8 Å². The van der Waals surface area contributed by atoms with Crippen molar-refractivity contribution < 1.29 is 9.47 Å². The summed E-state index contributed by atoms with van der Waals surface area (Å²) in [7, 11) is 1.78. The molecule has 0 amide bonds. The summed E-state index contributed by atoms with van der Waals surface area (Å²) >= 11 is 0. The van der Waals surface area contributed by atoms with E-state index >= 15 is 0 Å². The zero-order chi connectivity index (χ0) is 14.3. The first-order valence-electron chi connectivity index (χ1n) is 6.53. The topological polar surface area (TPSA) is 54.3 Å². The number of benzene rings is 1. The van der Waals surface area contributed by atoms with Crippen molar-refractivity contribution in [2.75, 3.05) is 13.7 Å². The molecule has 4 nitrogen and oxygen atoms in total. The van der Waals surface area contributed by atoms with Gasteiger partial charge in [-0.1, -0.05) is 12.1 Å². The third kappa shape index (κ3) is 4.46. The summed E-state index contributed by atoms with van der Waals surface area (Å²) in [4.78, 5) is 0. The molecule has 0 aliphatic heterocycles. The van der Waals surface area contributed by atoms with Crippen LogP contribution < -0.4 is 14.8 Å². The van der Waals surface area contributed by atoms with Gasteiger partial charge in [-0.05, 0) is 40.0 Å². The van der Waals surface area contributed by atoms with Crippen molar-refractivity contribution >= 4 is 0 Å². The molecule has 0 saturated carbocycles. The number of ether oxygens (including phenoxy) is 2. The minimum atomic E-state index is -0.583. The summed E-state index contributed by atoms with van der Waals surface area (Å²) in [5.74, 6) is 1.45. The van der Waals surface area contributed by atoms with Gasteiger partial charge in [0.15, 0.2) is 11.5 Å². The highest BCUT2D eigenvalue weighted by atomic mass is 16.5. The number of rotatable bonds is 7. The van der Waals surface area contributed by atoms with Crippen molar-refractivity contribution in [3.63, 3.8) is 0 Å². The number of hydrogen-bond donors (Lipinski definition) is 1. The SMILES string of the molecule is CCOc1ccccc1OC(C)CC(C)(C#N)NC. The van der Waals surface area contributed by atoms with Crippen LogP contribution >= 0.6 is 0 Å². The molecule has 19 heavy (non-hydrogen) atoms. The second-order valence-electron chi connectivity index (χ2n) is 4.71. The first-order valence-corrected chi connectivity index (χ1v) is 6.53. The number of hydrogen-bond acceptors (Lipinski definition) is 4. The van der Waals surface area contributed by atoms with Crippen molar-refractivity contribution in [3.8, 4) is 17.6 Å². The average molecular weight is 262 g/mol. The first kappa shape index (κ1) is 15.3. The molecule has 1 aromatic rings. The Hall–Kier alpha value is -1.73. The fraction of sp³-hybridized carbons (Fsp3) is 0.533. The largest absolute Gasteiger partial charge is 0.490 e. The fourth-order valence-corrected chi connectivity index (χ4v) is 1.86. The molecule has 0 aliphatic carbocycles. The van der Waals surface area contributed by atoms with Gasteiger partial charge in [-0.2, -0.15) is 5.26 Å². The standard InChI is InChI=1S/C15H22N2O2/c1-5-18-13-8-6-7-9-14(13)19-12(2)10-15(3,11-16)17-4/h6-9,12,17H,5,10H2,1-4H3. The maximum Gasteiger partial charge on any atom is 0.161 e. The Bertz CT molecular complexity index is 442. The summed E-state index contributed by atoms with van der Waals surface area (Å²) in [6.07, 6.45) is 0.513. The van der Waals surface area contributed by atoms with Gasteiger partial charge in [-0.25, -0.2) is 0 Å². The normalized spacial score (nSPS) is 15.1. The molecule has 1 aromatic carbocycles. The summed E-state index contributed by atoms with van der Waals surface area (Å²) in [6.45, 7) is 6.35. The lowest BCUT2D eigenvalue weighted by atomic mass is 9.97. The molecule has 0 radical (unpaired) electrons. The van der Waals surface area contributed by atoms with Gasteiger partial charge in [0.05, 0.1) is 18.8 Å². The molecule has 104 valence electrons. The molecule has 0 fully saturated rings. The monoisotopic (exact) mass is 262 g/mol. The quantitative estimate of drug-likeness (QED) is 0.821. The molecule has 2 unspecified atom stereocenters. The smallest absolute Gasteiger partial charge is 0.161 e. The summed E-state index contributed by atoms with van der Waals surface area (Å²) < 4.78 is 11.4. The Morgan fingerprint density at radius 3 is 2.53 bits per heavy atom. The third-order valence-corrected chi connectivity index (χ3v) is 2.97. The number of nitriles is 1. The van der Waals surface area contributed by atoms with Crippen LogP contribution in [-0.2, 0) is 0 Å². The van der Waals surface area contributed by atoms with Crippen LogP contribution in [0.1, 0.15) is 27.2 Å². The van der Waals surface area contributed by atoms with E-state index < -0.39 is 5.54 Å². The Morgan fingerprint density at radius 1 is 1.37 bits per heavy atom. The Labute approximate surface area is 115 Å². The minimum Gasteiger partial charge on any atom is -0.490 e. The average Bonchev–Trinajstić information content (AvgIpc) is 2.41. The van der Waals surface area contributed by atoms with Crippen LogP contribution in [0.15, 0.2) is 24.3 Å². The summed E-state index contributed by atoms with van der Waals surface area (Å²) in [5, 5.41) is 12.2. The van der Waals surface area contributed by atoms with Crippen molar-refractivity contribution in [2.45, 2.75) is 38.8 Å². The van der Waals surface area contributed by atoms with Gasteiger partial charge in [-0.3, -0.25) is 0 Å². The molecule has 0 heterocycles. The lowest BCUT2D eigenvalue weighted by Gasteiger charge is -2.25. The Morgan fingerprint density at radius 2 is 2.00 bits per heavy atom. The van der Waals surface area contributed by atoms with E-state index in [9.17, 15) is 0 Å². The van der Waals surface area contributed by atoms with Crippen molar-refractivity contribution in [3.05, 3.63) is 24.3 Å². The maximum atomic E-state index is 9.15. The lowest BCUT2D eigenvalue weighted by molar-refractivity contribution is 0.173. The van der Waals surface area contributed by atoms with Crippen molar-refractivity contribution in [2.24, 2.45) is 0 Å². The van der Waals surface area contributed by atoms with Gasteiger partial charge in [-0.15, -0.1) is 0 Å². The van der Waals surface area contributed by atoms with E-state index in [2.05, 4.69) is 11.4 Å². The molecule has 1 rings (SSSR count). The second-order valence-corrected chi connectivity index (χ2v) is 4.71. The molecule has 0 aliphatic rings. The van der Waals surface area contributed by atoms with Gasteiger partial charge in [0.25, 0.3) is 0 Å². The first-order chi connectivity index (χ1) is 9.04. The minimum absolute atomic E-state index is 0.0845. The zero-order valence-corrected chi connectivity index (χ0v) is 12.1. The van der Waals surface area contributed by atoms with Gasteiger partial charge in [0, 0.05) is 6.42 Å². The van der Waals surface area contributed by atoms with Crippen LogP contribution in [0.3, 0.4) is 0 Å². The van der Waals surface area contributed by atoms with Gasteiger partial charge in [0.2, 0.25) is 0 Å². The highest BCUT2D eigenvalue weighted by Crippen LogP contribution is 2.28.